The molecule has 3 heterocycles. The van der Waals surface area contributed by atoms with E-state index < -0.39 is 0 Å². The van der Waals surface area contributed by atoms with Crippen LogP contribution >= 0.6 is 11.8 Å². The van der Waals surface area contributed by atoms with E-state index in [9.17, 15) is 4.79 Å². The van der Waals surface area contributed by atoms with E-state index in [1.807, 2.05) is 24.0 Å². The number of rotatable bonds is 0. The molecule has 0 radical (unpaired) electrons. The highest BCUT2D eigenvalue weighted by Gasteiger charge is 2.35. The molecule has 0 N–H and O–H groups in total. The van der Waals surface area contributed by atoms with Gasteiger partial charge >= 0.3 is 0 Å². The summed E-state index contributed by atoms with van der Waals surface area (Å²) in [6.07, 6.45) is 7.76. The second-order valence-electron chi connectivity index (χ2n) is 2.87. The molecule has 14 heavy (non-hydrogen) atoms. The monoisotopic (exact) mass is 210 g/mol. The largest absolute Gasteiger partial charge is 0.365 e. The second-order valence-corrected chi connectivity index (χ2v) is 4.08. The maximum atomic E-state index is 10.7. The molecule has 1 atom stereocenters. The molecule has 1 saturated heterocycles. The van der Waals surface area contributed by atoms with Crippen LogP contribution in [0.4, 0.5) is 0 Å². The fourth-order valence-electron chi connectivity index (χ4n) is 1.22. The van der Waals surface area contributed by atoms with Crippen LogP contribution < -0.4 is 0 Å². The van der Waals surface area contributed by atoms with Crippen molar-refractivity contribution in [1.82, 2.24) is 10.1 Å². The molecule has 0 aromatic carbocycles. The molecular weight excluding hydrogens is 200 g/mol. The van der Waals surface area contributed by atoms with Gasteiger partial charge in [-0.05, 0) is 6.07 Å². The lowest BCUT2D eigenvalue weighted by Gasteiger charge is -2.39. The molecule has 1 aromatic heterocycles. The van der Waals surface area contributed by atoms with Gasteiger partial charge in [-0.25, -0.2) is 0 Å². The van der Waals surface area contributed by atoms with E-state index in [0.29, 0.717) is 5.37 Å². The number of thioether (sulfide) groups is 1. The first-order valence-electron chi connectivity index (χ1n) is 4.32. The molecule has 2 aliphatic rings. The van der Waals surface area contributed by atoms with Crippen LogP contribution in [0.1, 0.15) is 6.42 Å². The van der Waals surface area contributed by atoms with Crippen LogP contribution in [-0.4, -0.2) is 27.1 Å². The molecule has 0 spiro atoms. The Labute approximate surface area is 85.9 Å². The third kappa shape index (κ3) is 1.98. The predicted octanol–water partition coefficient (Wildman–Crippen LogP) is 1.48. The highest BCUT2D eigenvalue weighted by atomic mass is 32.2. The molecule has 1 aromatic rings. The molecule has 0 unspecified atom stereocenters. The third-order valence-electron chi connectivity index (χ3n) is 1.95. The summed E-state index contributed by atoms with van der Waals surface area (Å²) in [5.74, 6) is 1.33. The van der Waals surface area contributed by atoms with Crippen LogP contribution in [0, 0.1) is 0 Å². The van der Waals surface area contributed by atoms with Crippen molar-refractivity contribution in [2.75, 3.05) is 5.75 Å². The van der Waals surface area contributed by atoms with Crippen molar-refractivity contribution in [3.8, 4) is 0 Å². The molecule has 3 rings (SSSR count). The van der Waals surface area contributed by atoms with E-state index in [1.165, 1.54) is 6.26 Å². The first kappa shape index (κ1) is 9.33. The van der Waals surface area contributed by atoms with Gasteiger partial charge in [-0.3, -0.25) is 4.79 Å². The predicted molar refractivity (Wildman–Crippen MR) is 53.4 cm³/mol. The highest BCUT2D eigenvalue weighted by Crippen LogP contribution is 2.32. The van der Waals surface area contributed by atoms with E-state index in [4.69, 9.17) is 0 Å². The number of hydrogen-bond acceptors (Lipinski definition) is 4. The number of hydrogen-bond donors (Lipinski definition) is 0. The number of carbonyl (C=O) groups excluding carboxylic acids is 1. The topological polar surface area (TPSA) is 46.3 Å². The minimum Gasteiger partial charge on any atom is -0.365 e. The van der Waals surface area contributed by atoms with E-state index in [2.05, 4.69) is 9.68 Å². The molecule has 0 aliphatic carbocycles. The highest BCUT2D eigenvalue weighted by molar-refractivity contribution is 8.00. The summed E-state index contributed by atoms with van der Waals surface area (Å²) < 4.78 is 4.33. The van der Waals surface area contributed by atoms with Gasteiger partial charge in [0.25, 0.3) is 0 Å². The smallest absolute Gasteiger partial charge is 0.230 e. The van der Waals surface area contributed by atoms with E-state index in [1.54, 1.807) is 17.2 Å². The lowest BCUT2D eigenvalue weighted by atomic mass is 10.2. The van der Waals surface area contributed by atoms with Crippen molar-refractivity contribution in [2.45, 2.75) is 11.8 Å². The Morgan fingerprint density at radius 1 is 1.64 bits per heavy atom. The fraction of sp³-hybridized carbons (Fsp3) is 0.333. The van der Waals surface area contributed by atoms with Crippen LogP contribution in [0.25, 0.3) is 0 Å². The maximum Gasteiger partial charge on any atom is 0.230 e. The Kier molecular flexibility index (Phi) is 2.88. The average Bonchev–Trinajstić information content (AvgIpc) is 2.74. The van der Waals surface area contributed by atoms with Gasteiger partial charge in [-0.15, -0.1) is 11.8 Å². The molecule has 4 nitrogen and oxygen atoms in total. The van der Waals surface area contributed by atoms with E-state index in [0.717, 1.165) is 12.2 Å². The summed E-state index contributed by atoms with van der Waals surface area (Å²) >= 11 is 1.84. The standard InChI is InChI=1S/C6H7NOS.C3H3NO/c8-5-4-6-7(5)2-1-3-9-6;1-2-4-5-3-1/h1-2,6H,3-4H2;1-3H/t6-;/m1./s1. The van der Waals surface area contributed by atoms with Crippen molar-refractivity contribution in [3.05, 3.63) is 30.8 Å². The molecule has 0 saturated carbocycles. The first-order valence-corrected chi connectivity index (χ1v) is 5.36. The molecule has 74 valence electrons. The van der Waals surface area contributed by atoms with Crippen molar-refractivity contribution in [1.29, 1.82) is 0 Å². The van der Waals surface area contributed by atoms with Gasteiger partial charge in [0.05, 0.1) is 18.0 Å². The fourth-order valence-corrected chi connectivity index (χ4v) is 2.25. The molecule has 1 amide bonds. The number of carbonyl (C=O) groups is 1. The van der Waals surface area contributed by atoms with Crippen LogP contribution in [0.2, 0.25) is 0 Å². The SMILES string of the molecule is O=C1C[C@H]2SCC=CN12.c1cnoc1. The van der Waals surface area contributed by atoms with Gasteiger partial charge in [-0.1, -0.05) is 11.2 Å². The summed E-state index contributed by atoms with van der Waals surface area (Å²) in [6, 6.07) is 1.72. The molecular formula is C9H10N2O2S. The van der Waals surface area contributed by atoms with Gasteiger partial charge < -0.3 is 9.42 Å². The minimum atomic E-state index is 0.267. The first-order chi connectivity index (χ1) is 6.88. The summed E-state index contributed by atoms with van der Waals surface area (Å²) in [5, 5.41) is 3.82. The van der Waals surface area contributed by atoms with Crippen LogP contribution in [-0.2, 0) is 4.79 Å². The van der Waals surface area contributed by atoms with Crippen LogP contribution in [0.3, 0.4) is 0 Å². The minimum absolute atomic E-state index is 0.267. The molecule has 2 aliphatic heterocycles. The summed E-state index contributed by atoms with van der Waals surface area (Å²) in [7, 11) is 0. The van der Waals surface area contributed by atoms with Crippen molar-refractivity contribution >= 4 is 17.7 Å². The normalized spacial score (nSPS) is 23.3. The zero-order chi connectivity index (χ0) is 9.80. The Hall–Kier alpha value is -1.23. The Morgan fingerprint density at radius 3 is 3.00 bits per heavy atom. The number of fused-ring (bicyclic) bond motifs is 1. The van der Waals surface area contributed by atoms with Gasteiger partial charge in [0, 0.05) is 12.0 Å². The van der Waals surface area contributed by atoms with Gasteiger partial charge in [0.2, 0.25) is 5.91 Å². The van der Waals surface area contributed by atoms with E-state index >= 15 is 0 Å². The third-order valence-corrected chi connectivity index (χ3v) is 3.11. The van der Waals surface area contributed by atoms with Crippen molar-refractivity contribution in [3.63, 3.8) is 0 Å². The molecule has 1 fully saturated rings. The lowest BCUT2D eigenvalue weighted by molar-refractivity contribution is -0.137. The van der Waals surface area contributed by atoms with E-state index in [-0.39, 0.29) is 5.91 Å². The van der Waals surface area contributed by atoms with Gasteiger partial charge in [0.1, 0.15) is 6.26 Å². The quantitative estimate of drug-likeness (QED) is 0.608. The lowest BCUT2D eigenvalue weighted by Crippen LogP contribution is -2.48. The molecule has 0 bridgehead atoms. The van der Waals surface area contributed by atoms with Crippen LogP contribution in [0.5, 0.6) is 0 Å². The number of β-lactam (4-membered cyclic amide) rings is 1. The Balaban J connectivity index is 0.000000128. The summed E-state index contributed by atoms with van der Waals surface area (Å²) in [5.41, 5.74) is 0. The molecule has 5 heteroatoms. The maximum absolute atomic E-state index is 10.7. The summed E-state index contributed by atoms with van der Waals surface area (Å²) in [6.45, 7) is 0. The van der Waals surface area contributed by atoms with Gasteiger partial charge in [0.15, 0.2) is 0 Å². The van der Waals surface area contributed by atoms with Gasteiger partial charge in [-0.2, -0.15) is 0 Å². The number of nitrogens with zero attached hydrogens (tertiary/aromatic N) is 2. The second kappa shape index (κ2) is 4.32. The van der Waals surface area contributed by atoms with Crippen molar-refractivity contribution < 1.29 is 9.32 Å². The zero-order valence-electron chi connectivity index (χ0n) is 7.50. The zero-order valence-corrected chi connectivity index (χ0v) is 8.31. The average molecular weight is 210 g/mol. The number of aromatic nitrogens is 1. The summed E-state index contributed by atoms with van der Waals surface area (Å²) in [4.78, 5) is 12.5. The number of amides is 1. The Bertz CT molecular complexity index is 306. The Morgan fingerprint density at radius 2 is 2.57 bits per heavy atom. The van der Waals surface area contributed by atoms with Crippen molar-refractivity contribution in [2.24, 2.45) is 0 Å². The van der Waals surface area contributed by atoms with Crippen LogP contribution in [0.15, 0.2) is 35.3 Å².